The zero-order chi connectivity index (χ0) is 23.5. The summed E-state index contributed by atoms with van der Waals surface area (Å²) in [5.41, 5.74) is 8.34. The van der Waals surface area contributed by atoms with Crippen LogP contribution in [0.1, 0.15) is 0 Å². The number of aromatic nitrogens is 2. The van der Waals surface area contributed by atoms with Gasteiger partial charge in [-0.2, -0.15) is 4.39 Å². The average molecular weight is 438 g/mol. The summed E-state index contributed by atoms with van der Waals surface area (Å²) in [6.07, 6.45) is 6.53. The van der Waals surface area contributed by atoms with Crippen molar-refractivity contribution in [3.05, 3.63) is 107 Å². The topological polar surface area (TPSA) is 115 Å². The zero-order valence-electron chi connectivity index (χ0n) is 17.0. The molecular formula is C23H20F2N4O3. The summed E-state index contributed by atoms with van der Waals surface area (Å²) in [6, 6.07) is 15.6. The second-order valence-electron chi connectivity index (χ2n) is 6.13. The van der Waals surface area contributed by atoms with Crippen molar-refractivity contribution in [2.45, 2.75) is 0 Å². The van der Waals surface area contributed by atoms with Gasteiger partial charge in [-0.05, 0) is 64.7 Å². The standard InChI is InChI=1S/C11H7FN2O2.C11H9FN2.CH4O/c12-10-2-1-9(7-11(10)14(15)16)8-3-5-13-6-4-8;12-10-2-1-9(7-11(10)13)8-3-5-14-6-4-8;1-2/h1-7H;1-7H,13H2;2H,1H3. The number of rotatable bonds is 3. The molecule has 0 bridgehead atoms. The lowest BCUT2D eigenvalue weighted by molar-refractivity contribution is -0.387. The minimum atomic E-state index is -0.831. The van der Waals surface area contributed by atoms with Crippen LogP contribution in [0.4, 0.5) is 20.2 Å². The molecule has 0 amide bonds. The first-order valence-electron chi connectivity index (χ1n) is 9.20. The van der Waals surface area contributed by atoms with Gasteiger partial charge in [0.05, 0.1) is 10.6 Å². The van der Waals surface area contributed by atoms with E-state index in [1.807, 2.05) is 12.1 Å². The van der Waals surface area contributed by atoms with Crippen LogP contribution >= 0.6 is 0 Å². The highest BCUT2D eigenvalue weighted by atomic mass is 19.1. The van der Waals surface area contributed by atoms with E-state index >= 15 is 0 Å². The average Bonchev–Trinajstić information content (AvgIpc) is 2.84. The Balaban J connectivity index is 0.000000212. The fourth-order valence-corrected chi connectivity index (χ4v) is 2.64. The van der Waals surface area contributed by atoms with Gasteiger partial charge in [0.15, 0.2) is 0 Å². The van der Waals surface area contributed by atoms with E-state index in [1.54, 1.807) is 49.1 Å². The second kappa shape index (κ2) is 11.8. The Kier molecular flexibility index (Phi) is 8.88. The molecule has 0 unspecified atom stereocenters. The molecule has 2 aromatic carbocycles. The Morgan fingerprint density at radius 1 is 0.750 bits per heavy atom. The van der Waals surface area contributed by atoms with E-state index in [9.17, 15) is 18.9 Å². The maximum atomic E-state index is 13.1. The van der Waals surface area contributed by atoms with Gasteiger partial charge in [-0.25, -0.2) is 4.39 Å². The molecule has 2 heterocycles. The van der Waals surface area contributed by atoms with Crippen molar-refractivity contribution >= 4 is 11.4 Å². The number of aliphatic hydroxyl groups excluding tert-OH is 1. The number of nitrogens with two attached hydrogens (primary N) is 1. The quantitative estimate of drug-likeness (QED) is 0.268. The maximum Gasteiger partial charge on any atom is 0.305 e. The molecule has 0 saturated heterocycles. The van der Waals surface area contributed by atoms with E-state index in [1.165, 1.54) is 18.2 Å². The lowest BCUT2D eigenvalue weighted by atomic mass is 10.1. The third-order valence-corrected chi connectivity index (χ3v) is 4.17. The number of nitro groups is 1. The van der Waals surface area contributed by atoms with Crippen LogP contribution in [0.2, 0.25) is 0 Å². The fraction of sp³-hybridized carbons (Fsp3) is 0.0435. The highest BCUT2D eigenvalue weighted by Crippen LogP contribution is 2.25. The number of halogens is 2. The number of nitrogen functional groups attached to an aromatic ring is 1. The van der Waals surface area contributed by atoms with Crippen LogP contribution in [0.15, 0.2) is 85.5 Å². The van der Waals surface area contributed by atoms with Gasteiger partial charge in [-0.3, -0.25) is 20.1 Å². The molecule has 32 heavy (non-hydrogen) atoms. The van der Waals surface area contributed by atoms with E-state index in [-0.39, 0.29) is 11.5 Å². The van der Waals surface area contributed by atoms with Crippen LogP contribution in [0.5, 0.6) is 0 Å². The second-order valence-corrected chi connectivity index (χ2v) is 6.13. The predicted octanol–water partition coefficient (Wildman–Crippen LogP) is 4.87. The first-order chi connectivity index (χ1) is 15.5. The van der Waals surface area contributed by atoms with Crippen molar-refractivity contribution in [2.75, 3.05) is 12.8 Å². The molecule has 0 saturated carbocycles. The summed E-state index contributed by atoms with van der Waals surface area (Å²) in [5.74, 6) is -1.22. The van der Waals surface area contributed by atoms with Crippen LogP contribution in [0, 0.1) is 21.7 Å². The van der Waals surface area contributed by atoms with E-state index in [4.69, 9.17) is 10.8 Å². The summed E-state index contributed by atoms with van der Waals surface area (Å²) in [6.45, 7) is 0. The number of pyridine rings is 2. The summed E-state index contributed by atoms with van der Waals surface area (Å²) < 4.78 is 26.0. The van der Waals surface area contributed by atoms with E-state index < -0.39 is 16.4 Å². The maximum absolute atomic E-state index is 13.1. The molecule has 0 fully saturated rings. The van der Waals surface area contributed by atoms with Crippen molar-refractivity contribution in [1.82, 2.24) is 9.97 Å². The summed E-state index contributed by atoms with van der Waals surface area (Å²) in [5, 5.41) is 17.6. The largest absolute Gasteiger partial charge is 0.400 e. The molecule has 164 valence electrons. The van der Waals surface area contributed by atoms with Crippen molar-refractivity contribution in [2.24, 2.45) is 0 Å². The number of hydrogen-bond donors (Lipinski definition) is 2. The number of benzene rings is 2. The number of anilines is 1. The Morgan fingerprint density at radius 2 is 1.19 bits per heavy atom. The lowest BCUT2D eigenvalue weighted by Gasteiger charge is -2.02. The predicted molar refractivity (Wildman–Crippen MR) is 118 cm³/mol. The zero-order valence-corrected chi connectivity index (χ0v) is 17.0. The highest BCUT2D eigenvalue weighted by molar-refractivity contribution is 5.67. The molecule has 0 aliphatic heterocycles. The van der Waals surface area contributed by atoms with Crippen LogP contribution in [0.25, 0.3) is 22.3 Å². The number of aliphatic hydroxyl groups is 1. The molecule has 0 aliphatic carbocycles. The summed E-state index contributed by atoms with van der Waals surface area (Å²) in [4.78, 5) is 17.6. The third-order valence-electron chi connectivity index (χ3n) is 4.17. The third kappa shape index (κ3) is 6.38. The smallest absolute Gasteiger partial charge is 0.305 e. The van der Waals surface area contributed by atoms with Crippen LogP contribution in [-0.2, 0) is 0 Å². The number of nitrogens with zero attached hydrogens (tertiary/aromatic N) is 3. The molecular weight excluding hydrogens is 418 g/mol. The molecule has 0 aliphatic rings. The van der Waals surface area contributed by atoms with Gasteiger partial charge >= 0.3 is 5.69 Å². The fourth-order valence-electron chi connectivity index (χ4n) is 2.64. The Labute approximate surface area is 183 Å². The van der Waals surface area contributed by atoms with Gasteiger partial charge in [-0.1, -0.05) is 12.1 Å². The first-order valence-corrected chi connectivity index (χ1v) is 9.20. The highest BCUT2D eigenvalue weighted by Gasteiger charge is 2.14. The van der Waals surface area contributed by atoms with E-state index in [0.717, 1.165) is 29.9 Å². The van der Waals surface area contributed by atoms with Gasteiger partial charge in [-0.15, -0.1) is 0 Å². The molecule has 0 atom stereocenters. The Morgan fingerprint density at radius 3 is 1.62 bits per heavy atom. The van der Waals surface area contributed by atoms with Crippen molar-refractivity contribution in [3.63, 3.8) is 0 Å². The molecule has 4 rings (SSSR count). The van der Waals surface area contributed by atoms with Gasteiger partial charge in [0.25, 0.3) is 0 Å². The Hall–Kier alpha value is -4.24. The van der Waals surface area contributed by atoms with Crippen LogP contribution in [0.3, 0.4) is 0 Å². The SMILES string of the molecule is CO.Nc1cc(-c2ccncc2)ccc1F.O=[N+]([O-])c1cc(-c2ccncc2)ccc1F. The summed E-state index contributed by atoms with van der Waals surface area (Å²) in [7, 11) is 1.00. The molecule has 0 spiro atoms. The molecule has 9 heteroatoms. The number of hydrogen-bond acceptors (Lipinski definition) is 6. The molecule has 4 aromatic rings. The monoisotopic (exact) mass is 438 g/mol. The molecule has 3 N–H and O–H groups in total. The van der Waals surface area contributed by atoms with Crippen molar-refractivity contribution in [3.8, 4) is 22.3 Å². The molecule has 7 nitrogen and oxygen atoms in total. The van der Waals surface area contributed by atoms with Crippen molar-refractivity contribution < 1.29 is 18.8 Å². The van der Waals surface area contributed by atoms with Gasteiger partial charge < -0.3 is 10.8 Å². The minimum absolute atomic E-state index is 0.166. The molecule has 0 radical (unpaired) electrons. The van der Waals surface area contributed by atoms with Gasteiger partial charge in [0.2, 0.25) is 5.82 Å². The first kappa shape index (κ1) is 24.0. The Bertz CT molecular complexity index is 1160. The van der Waals surface area contributed by atoms with E-state index in [2.05, 4.69) is 9.97 Å². The normalized spacial score (nSPS) is 9.62. The van der Waals surface area contributed by atoms with E-state index in [0.29, 0.717) is 5.56 Å². The lowest BCUT2D eigenvalue weighted by Crippen LogP contribution is -1.92. The van der Waals surface area contributed by atoms with Crippen molar-refractivity contribution in [1.29, 1.82) is 0 Å². The van der Waals surface area contributed by atoms with Crippen LogP contribution < -0.4 is 5.73 Å². The number of nitro benzene ring substituents is 1. The van der Waals surface area contributed by atoms with Crippen LogP contribution in [-0.4, -0.2) is 27.1 Å². The molecule has 2 aromatic heterocycles. The van der Waals surface area contributed by atoms with Gasteiger partial charge in [0.1, 0.15) is 5.82 Å². The minimum Gasteiger partial charge on any atom is -0.400 e. The van der Waals surface area contributed by atoms with Gasteiger partial charge in [0, 0.05) is 38.0 Å². The summed E-state index contributed by atoms with van der Waals surface area (Å²) >= 11 is 0.